The van der Waals surface area contributed by atoms with E-state index in [0.29, 0.717) is 24.3 Å². The third kappa shape index (κ3) is 6.84. The molecule has 2 aromatic carbocycles. The number of nitrogens with zero attached hydrogens (tertiary/aromatic N) is 2. The van der Waals surface area contributed by atoms with Crippen molar-refractivity contribution in [3.05, 3.63) is 65.2 Å². The largest absolute Gasteiger partial charge is 0.494 e. The minimum atomic E-state index is -0.804. The minimum absolute atomic E-state index is 0.0250. The monoisotopic (exact) mass is 531 g/mol. The molecule has 1 fully saturated rings. The van der Waals surface area contributed by atoms with Crippen LogP contribution in [0.3, 0.4) is 0 Å². The van der Waals surface area contributed by atoms with Gasteiger partial charge >= 0.3 is 5.97 Å². The third-order valence-corrected chi connectivity index (χ3v) is 5.81. The van der Waals surface area contributed by atoms with Crippen LogP contribution < -0.4 is 19.5 Å². The van der Waals surface area contributed by atoms with E-state index in [0.717, 1.165) is 12.8 Å². The maximum Gasteiger partial charge on any atom is 0.305 e. The number of carbonyl (C=O) groups is 1. The van der Waals surface area contributed by atoms with Gasteiger partial charge in [0.15, 0.2) is 28.9 Å². The molecular formula is C27H28F3N3O5. The van der Waals surface area contributed by atoms with Gasteiger partial charge in [0.25, 0.3) is 0 Å². The van der Waals surface area contributed by atoms with Gasteiger partial charge in [-0.25, -0.2) is 23.1 Å². The zero-order valence-corrected chi connectivity index (χ0v) is 21.1. The summed E-state index contributed by atoms with van der Waals surface area (Å²) in [6.45, 7) is 1.84. The molecule has 11 heteroatoms. The predicted molar refractivity (Wildman–Crippen MR) is 132 cm³/mol. The number of esters is 1. The lowest BCUT2D eigenvalue weighted by Gasteiger charge is -2.14. The van der Waals surface area contributed by atoms with E-state index in [4.69, 9.17) is 18.9 Å². The number of benzene rings is 2. The number of aromatic nitrogens is 2. The Morgan fingerprint density at radius 2 is 1.82 bits per heavy atom. The first-order valence-electron chi connectivity index (χ1n) is 12.2. The van der Waals surface area contributed by atoms with E-state index < -0.39 is 17.5 Å². The number of methoxy groups -OCH3 is 1. The first-order chi connectivity index (χ1) is 18.4. The van der Waals surface area contributed by atoms with Crippen LogP contribution in [-0.4, -0.2) is 36.3 Å². The summed E-state index contributed by atoms with van der Waals surface area (Å²) in [5.74, 6) is -1.90. The van der Waals surface area contributed by atoms with Crippen LogP contribution in [-0.2, 0) is 16.1 Å². The lowest BCUT2D eigenvalue weighted by Crippen LogP contribution is -2.07. The van der Waals surface area contributed by atoms with Crippen molar-refractivity contribution in [2.75, 3.05) is 25.6 Å². The van der Waals surface area contributed by atoms with Crippen LogP contribution in [0.1, 0.15) is 49.7 Å². The first-order valence-corrected chi connectivity index (χ1v) is 12.2. The Labute approximate surface area is 218 Å². The predicted octanol–water partition coefficient (Wildman–Crippen LogP) is 5.82. The smallest absolute Gasteiger partial charge is 0.305 e. The van der Waals surface area contributed by atoms with Crippen molar-refractivity contribution in [3.8, 4) is 17.2 Å². The van der Waals surface area contributed by atoms with Crippen LogP contribution in [0, 0.1) is 17.5 Å². The van der Waals surface area contributed by atoms with Crippen molar-refractivity contribution in [1.82, 2.24) is 9.97 Å². The zero-order valence-electron chi connectivity index (χ0n) is 21.1. The van der Waals surface area contributed by atoms with E-state index in [1.165, 1.54) is 37.7 Å². The van der Waals surface area contributed by atoms with Crippen molar-refractivity contribution >= 4 is 17.6 Å². The number of nitrogens with one attached hydrogen (secondary N) is 1. The molecule has 0 bridgehead atoms. The minimum Gasteiger partial charge on any atom is -0.494 e. The van der Waals surface area contributed by atoms with Crippen LogP contribution in [0.2, 0.25) is 0 Å². The van der Waals surface area contributed by atoms with Crippen molar-refractivity contribution in [2.24, 2.45) is 0 Å². The quantitative estimate of drug-likeness (QED) is 0.218. The molecule has 3 aromatic rings. The standard InChI is InChI=1S/C27H28F3N3O5/c1-3-36-24(34)5-4-10-37-22-9-8-17(11-21(22)28)33-27-31-13-18(14-32-27)38-15-20-25(29)19(16-6-7-16)12-23(35-2)26(20)30/h8-9,11-14,16H,3-7,10,15H2,1-2H3,(H,31,32,33). The lowest BCUT2D eigenvalue weighted by atomic mass is 10.0. The van der Waals surface area contributed by atoms with Gasteiger partial charge in [-0.15, -0.1) is 0 Å². The van der Waals surface area contributed by atoms with Gasteiger partial charge in [-0.1, -0.05) is 0 Å². The molecule has 0 unspecified atom stereocenters. The molecule has 1 aliphatic rings. The van der Waals surface area contributed by atoms with Gasteiger partial charge in [0.1, 0.15) is 12.4 Å². The molecule has 1 aromatic heterocycles. The van der Waals surface area contributed by atoms with Crippen LogP contribution >= 0.6 is 0 Å². The normalized spacial score (nSPS) is 12.7. The molecule has 8 nitrogen and oxygen atoms in total. The van der Waals surface area contributed by atoms with E-state index in [-0.39, 0.29) is 60.3 Å². The van der Waals surface area contributed by atoms with Gasteiger partial charge in [0.2, 0.25) is 5.95 Å². The highest BCUT2D eigenvalue weighted by atomic mass is 19.1. The molecular weight excluding hydrogens is 503 g/mol. The van der Waals surface area contributed by atoms with Gasteiger partial charge in [-0.3, -0.25) is 4.79 Å². The van der Waals surface area contributed by atoms with E-state index in [1.807, 2.05) is 0 Å². The molecule has 1 heterocycles. The molecule has 0 amide bonds. The highest BCUT2D eigenvalue weighted by molar-refractivity contribution is 5.69. The summed E-state index contributed by atoms with van der Waals surface area (Å²) in [4.78, 5) is 19.6. The summed E-state index contributed by atoms with van der Waals surface area (Å²) in [6, 6.07) is 5.67. The Morgan fingerprint density at radius 1 is 1.05 bits per heavy atom. The average molecular weight is 532 g/mol. The summed E-state index contributed by atoms with van der Waals surface area (Å²) in [7, 11) is 1.33. The summed E-state index contributed by atoms with van der Waals surface area (Å²) < 4.78 is 64.8. The van der Waals surface area contributed by atoms with Gasteiger partial charge in [-0.05, 0) is 55.9 Å². The van der Waals surface area contributed by atoms with E-state index in [2.05, 4.69) is 15.3 Å². The second-order valence-corrected chi connectivity index (χ2v) is 8.61. The van der Waals surface area contributed by atoms with Crippen molar-refractivity contribution in [2.45, 2.75) is 45.1 Å². The number of ether oxygens (including phenoxy) is 4. The molecule has 0 saturated heterocycles. The third-order valence-electron chi connectivity index (χ3n) is 5.81. The zero-order chi connectivity index (χ0) is 27.1. The summed E-state index contributed by atoms with van der Waals surface area (Å²) in [5, 5.41) is 2.86. The topological polar surface area (TPSA) is 91.8 Å². The Bertz CT molecular complexity index is 1270. The first kappa shape index (κ1) is 27.0. The maximum absolute atomic E-state index is 14.9. The molecule has 1 N–H and O–H groups in total. The summed E-state index contributed by atoms with van der Waals surface area (Å²) >= 11 is 0. The van der Waals surface area contributed by atoms with Crippen molar-refractivity contribution < 1.29 is 36.9 Å². The molecule has 4 rings (SSSR count). The number of hydrogen-bond donors (Lipinski definition) is 1. The Morgan fingerprint density at radius 3 is 2.47 bits per heavy atom. The van der Waals surface area contributed by atoms with Crippen molar-refractivity contribution in [3.63, 3.8) is 0 Å². The SMILES string of the molecule is CCOC(=O)CCCOc1ccc(Nc2ncc(OCc3c(F)c(OC)cc(C4CC4)c3F)cn2)cc1F. The van der Waals surface area contributed by atoms with Gasteiger partial charge in [0, 0.05) is 18.2 Å². The number of anilines is 2. The second kappa shape index (κ2) is 12.5. The highest BCUT2D eigenvalue weighted by Crippen LogP contribution is 2.44. The molecule has 0 spiro atoms. The Hall–Kier alpha value is -4.02. The fraction of sp³-hybridized carbons (Fsp3) is 0.370. The summed E-state index contributed by atoms with van der Waals surface area (Å²) in [6.07, 6.45) is 4.97. The molecule has 0 aliphatic heterocycles. The number of halogens is 3. The fourth-order valence-electron chi connectivity index (χ4n) is 3.72. The molecule has 202 valence electrons. The van der Waals surface area contributed by atoms with Gasteiger partial charge < -0.3 is 24.3 Å². The molecule has 0 radical (unpaired) electrons. The lowest BCUT2D eigenvalue weighted by molar-refractivity contribution is -0.143. The maximum atomic E-state index is 14.9. The molecule has 38 heavy (non-hydrogen) atoms. The van der Waals surface area contributed by atoms with Crippen LogP contribution in [0.25, 0.3) is 0 Å². The molecule has 1 saturated carbocycles. The fourth-order valence-corrected chi connectivity index (χ4v) is 3.72. The van der Waals surface area contributed by atoms with Gasteiger partial charge in [-0.2, -0.15) is 0 Å². The van der Waals surface area contributed by atoms with Gasteiger partial charge in [0.05, 0.1) is 38.3 Å². The van der Waals surface area contributed by atoms with Crippen LogP contribution in [0.4, 0.5) is 24.8 Å². The Balaban J connectivity index is 1.32. The van der Waals surface area contributed by atoms with E-state index in [9.17, 15) is 18.0 Å². The van der Waals surface area contributed by atoms with Crippen LogP contribution in [0.15, 0.2) is 36.7 Å². The number of rotatable bonds is 13. The second-order valence-electron chi connectivity index (χ2n) is 8.61. The molecule has 1 aliphatic carbocycles. The summed E-state index contributed by atoms with van der Waals surface area (Å²) in [5.41, 5.74) is 0.591. The Kier molecular flexibility index (Phi) is 8.88. The average Bonchev–Trinajstić information content (AvgIpc) is 3.74. The number of carbonyl (C=O) groups excluding carboxylic acids is 1. The highest BCUT2D eigenvalue weighted by Gasteiger charge is 2.31. The van der Waals surface area contributed by atoms with Crippen molar-refractivity contribution in [1.29, 1.82) is 0 Å². The van der Waals surface area contributed by atoms with E-state index in [1.54, 1.807) is 13.0 Å². The van der Waals surface area contributed by atoms with E-state index >= 15 is 0 Å². The molecule has 0 atom stereocenters. The number of hydrogen-bond acceptors (Lipinski definition) is 8. The van der Waals surface area contributed by atoms with Crippen LogP contribution in [0.5, 0.6) is 17.2 Å².